The van der Waals surface area contributed by atoms with Gasteiger partial charge in [-0.15, -0.1) is 0 Å². The quantitative estimate of drug-likeness (QED) is 0.665. The van der Waals surface area contributed by atoms with Gasteiger partial charge in [0.1, 0.15) is 0 Å². The van der Waals surface area contributed by atoms with Crippen molar-refractivity contribution in [3.05, 3.63) is 56.3 Å². The smallest absolute Gasteiger partial charge is 0.253 e. The van der Waals surface area contributed by atoms with Gasteiger partial charge in [0.2, 0.25) is 0 Å². The predicted octanol–water partition coefficient (Wildman–Crippen LogP) is 4.03. The molecule has 3 rings (SSSR count). The Bertz CT molecular complexity index is 1220. The van der Waals surface area contributed by atoms with E-state index in [1.807, 2.05) is 37.6 Å². The lowest BCUT2D eigenvalue weighted by Crippen LogP contribution is -2.29. The van der Waals surface area contributed by atoms with E-state index in [9.17, 15) is 9.59 Å². The fraction of sp³-hybridized carbons (Fsp3) is 0.500. The van der Waals surface area contributed by atoms with Crippen molar-refractivity contribution in [1.29, 1.82) is 0 Å². The summed E-state index contributed by atoms with van der Waals surface area (Å²) >= 11 is 0. The van der Waals surface area contributed by atoms with Crippen molar-refractivity contribution in [3.63, 3.8) is 0 Å². The number of pyridine rings is 2. The minimum Gasteiger partial charge on any atom is -0.348 e. The number of fused-ring (bicyclic) bond motifs is 1. The predicted molar refractivity (Wildman–Crippen MR) is 124 cm³/mol. The van der Waals surface area contributed by atoms with Crippen LogP contribution in [0.3, 0.4) is 0 Å². The number of carbonyl (C=O) groups excluding carboxylic acids is 1. The van der Waals surface area contributed by atoms with E-state index in [4.69, 9.17) is 10.1 Å². The fourth-order valence-corrected chi connectivity index (χ4v) is 3.69. The normalized spacial score (nSPS) is 12.4. The Morgan fingerprint density at radius 2 is 1.74 bits per heavy atom. The largest absolute Gasteiger partial charge is 0.348 e. The second kappa shape index (κ2) is 7.62. The number of nitrogens with one attached hydrogen (secondary N) is 2. The van der Waals surface area contributed by atoms with Crippen molar-refractivity contribution < 1.29 is 4.79 Å². The van der Waals surface area contributed by atoms with Gasteiger partial charge >= 0.3 is 0 Å². The first-order valence-electron chi connectivity index (χ1n) is 10.6. The molecule has 0 saturated heterocycles. The molecule has 7 heteroatoms. The molecule has 166 valence electrons. The van der Waals surface area contributed by atoms with Gasteiger partial charge in [-0.25, -0.2) is 9.67 Å². The van der Waals surface area contributed by atoms with Crippen LogP contribution in [0.5, 0.6) is 0 Å². The van der Waals surface area contributed by atoms with Crippen LogP contribution in [0.2, 0.25) is 0 Å². The Hall–Kier alpha value is -2.96. The van der Waals surface area contributed by atoms with E-state index in [2.05, 4.69) is 51.8 Å². The summed E-state index contributed by atoms with van der Waals surface area (Å²) in [7, 11) is 0. The minimum atomic E-state index is -0.282. The molecule has 3 aromatic heterocycles. The van der Waals surface area contributed by atoms with Crippen molar-refractivity contribution in [2.45, 2.75) is 79.8 Å². The van der Waals surface area contributed by atoms with Crippen LogP contribution in [0, 0.1) is 20.8 Å². The summed E-state index contributed by atoms with van der Waals surface area (Å²) in [5.74, 6) is -0.242. The first kappa shape index (κ1) is 22.7. The van der Waals surface area contributed by atoms with Gasteiger partial charge in [-0.2, -0.15) is 5.10 Å². The summed E-state index contributed by atoms with van der Waals surface area (Å²) in [6.45, 7) is 18.2. The van der Waals surface area contributed by atoms with Gasteiger partial charge in [0, 0.05) is 28.9 Å². The van der Waals surface area contributed by atoms with Gasteiger partial charge in [-0.3, -0.25) is 9.59 Å². The molecule has 0 saturated carbocycles. The fourth-order valence-electron chi connectivity index (χ4n) is 3.69. The number of aromatic nitrogens is 4. The number of H-pyrrole nitrogens is 1. The summed E-state index contributed by atoms with van der Waals surface area (Å²) in [6, 6.07) is 3.76. The molecule has 3 aromatic rings. The molecule has 0 aliphatic rings. The summed E-state index contributed by atoms with van der Waals surface area (Å²) in [4.78, 5) is 33.4. The van der Waals surface area contributed by atoms with Crippen LogP contribution in [0.1, 0.15) is 80.1 Å². The number of rotatable bonds is 3. The summed E-state index contributed by atoms with van der Waals surface area (Å²) < 4.78 is 1.89. The monoisotopic (exact) mass is 423 g/mol. The van der Waals surface area contributed by atoms with Crippen LogP contribution in [0.4, 0.5) is 0 Å². The van der Waals surface area contributed by atoms with E-state index in [0.717, 1.165) is 28.0 Å². The maximum Gasteiger partial charge on any atom is 0.253 e. The van der Waals surface area contributed by atoms with Gasteiger partial charge in [-0.05, 0) is 59.2 Å². The zero-order chi connectivity index (χ0) is 23.3. The van der Waals surface area contributed by atoms with Crippen molar-refractivity contribution in [2.75, 3.05) is 0 Å². The highest BCUT2D eigenvalue weighted by molar-refractivity contribution is 6.06. The van der Waals surface area contributed by atoms with Crippen LogP contribution in [0.25, 0.3) is 11.0 Å². The maximum absolute atomic E-state index is 13.3. The molecule has 0 fully saturated rings. The highest BCUT2D eigenvalue weighted by Crippen LogP contribution is 2.30. The second-order valence-electron chi connectivity index (χ2n) is 10.3. The van der Waals surface area contributed by atoms with Gasteiger partial charge in [-0.1, -0.05) is 20.8 Å². The SMILES string of the molecule is Cc1cc(C)c(CNC(=O)c2cc(C(C)(C)C)nc3c2c(C)nn3C(C)(C)C)c(=O)[nH]1. The summed E-state index contributed by atoms with van der Waals surface area (Å²) in [5, 5.41) is 8.39. The average molecular weight is 424 g/mol. The molecule has 31 heavy (non-hydrogen) atoms. The lowest BCUT2D eigenvalue weighted by atomic mass is 9.90. The Kier molecular flexibility index (Phi) is 5.59. The summed E-state index contributed by atoms with van der Waals surface area (Å²) in [5.41, 5.74) is 4.32. The molecule has 0 radical (unpaired) electrons. The number of nitrogens with zero attached hydrogens (tertiary/aromatic N) is 3. The van der Waals surface area contributed by atoms with Crippen LogP contribution in [-0.2, 0) is 17.5 Å². The lowest BCUT2D eigenvalue weighted by molar-refractivity contribution is 0.0952. The van der Waals surface area contributed by atoms with Crippen LogP contribution in [-0.4, -0.2) is 25.7 Å². The molecule has 1 amide bonds. The van der Waals surface area contributed by atoms with E-state index < -0.39 is 0 Å². The molecule has 2 N–H and O–H groups in total. The van der Waals surface area contributed by atoms with Crippen LogP contribution >= 0.6 is 0 Å². The van der Waals surface area contributed by atoms with Crippen LogP contribution < -0.4 is 10.9 Å². The molecule has 0 atom stereocenters. The van der Waals surface area contributed by atoms with E-state index in [-0.39, 0.29) is 29.0 Å². The van der Waals surface area contributed by atoms with Crippen molar-refractivity contribution >= 4 is 16.9 Å². The number of aromatic amines is 1. The van der Waals surface area contributed by atoms with Gasteiger partial charge in [0.05, 0.1) is 22.2 Å². The molecule has 0 aromatic carbocycles. The van der Waals surface area contributed by atoms with E-state index in [0.29, 0.717) is 16.8 Å². The molecule has 0 spiro atoms. The molecular formula is C24H33N5O2. The minimum absolute atomic E-state index is 0.154. The Balaban J connectivity index is 2.11. The Morgan fingerprint density at radius 3 is 2.29 bits per heavy atom. The molecule has 3 heterocycles. The van der Waals surface area contributed by atoms with Crippen molar-refractivity contribution in [1.82, 2.24) is 25.1 Å². The molecule has 0 aliphatic carbocycles. The van der Waals surface area contributed by atoms with Crippen molar-refractivity contribution in [3.8, 4) is 0 Å². The number of hydrogen-bond donors (Lipinski definition) is 2. The van der Waals surface area contributed by atoms with E-state index >= 15 is 0 Å². The van der Waals surface area contributed by atoms with E-state index in [1.54, 1.807) is 0 Å². The third kappa shape index (κ3) is 4.40. The highest BCUT2D eigenvalue weighted by Gasteiger charge is 2.27. The number of amides is 1. The van der Waals surface area contributed by atoms with Crippen LogP contribution in [0.15, 0.2) is 16.9 Å². The molecule has 0 unspecified atom stereocenters. The zero-order valence-electron chi connectivity index (χ0n) is 20.0. The molecule has 7 nitrogen and oxygen atoms in total. The highest BCUT2D eigenvalue weighted by atomic mass is 16.1. The van der Waals surface area contributed by atoms with Gasteiger partial charge in [0.15, 0.2) is 5.65 Å². The van der Waals surface area contributed by atoms with Gasteiger partial charge < -0.3 is 10.3 Å². The molecular weight excluding hydrogens is 390 g/mol. The first-order chi connectivity index (χ1) is 14.2. The number of aryl methyl sites for hydroxylation is 3. The Morgan fingerprint density at radius 1 is 1.10 bits per heavy atom. The third-order valence-electron chi connectivity index (χ3n) is 5.38. The summed E-state index contributed by atoms with van der Waals surface area (Å²) in [6.07, 6.45) is 0. The standard InChI is InChI=1S/C24H33N5O2/c1-13-10-14(2)26-22(31)17(13)12-25-21(30)16-11-18(23(4,5)6)27-20-19(16)15(3)28-29(20)24(7,8)9/h10-11H,12H2,1-9H3,(H,25,30)(H,26,31). The topological polar surface area (TPSA) is 92.7 Å². The molecule has 0 aliphatic heterocycles. The van der Waals surface area contributed by atoms with Gasteiger partial charge in [0.25, 0.3) is 11.5 Å². The lowest BCUT2D eigenvalue weighted by Gasteiger charge is -2.23. The second-order valence-corrected chi connectivity index (χ2v) is 10.3. The van der Waals surface area contributed by atoms with E-state index in [1.165, 1.54) is 0 Å². The third-order valence-corrected chi connectivity index (χ3v) is 5.38. The number of hydrogen-bond acceptors (Lipinski definition) is 4. The first-order valence-corrected chi connectivity index (χ1v) is 10.6. The average Bonchev–Trinajstić information content (AvgIpc) is 2.96. The van der Waals surface area contributed by atoms with Crippen molar-refractivity contribution in [2.24, 2.45) is 0 Å². The number of carbonyl (C=O) groups is 1. The zero-order valence-corrected chi connectivity index (χ0v) is 20.0. The Labute approximate surface area is 183 Å². The maximum atomic E-state index is 13.3. The molecule has 0 bridgehead atoms.